The van der Waals surface area contributed by atoms with Gasteiger partial charge in [-0.2, -0.15) is 9.94 Å². The molecule has 0 fully saturated rings. The molecule has 126 valence electrons. The average molecular weight is 355 g/mol. The molecule has 0 radical (unpaired) electrons. The van der Waals surface area contributed by atoms with Gasteiger partial charge in [0.15, 0.2) is 0 Å². The van der Waals surface area contributed by atoms with Crippen LogP contribution in [-0.2, 0) is 5.75 Å². The van der Waals surface area contributed by atoms with Crippen LogP contribution in [0.2, 0.25) is 0 Å². The summed E-state index contributed by atoms with van der Waals surface area (Å²) in [4.78, 5) is 0. The number of ether oxygens (including phenoxy) is 1. The molecule has 0 bridgehead atoms. The highest BCUT2D eigenvalue weighted by Crippen LogP contribution is 2.28. The number of hydrogen-bond acceptors (Lipinski definition) is 6. The van der Waals surface area contributed by atoms with Gasteiger partial charge in [0.05, 0.1) is 18.2 Å². The molecule has 1 heterocycles. The Hall–Kier alpha value is -2.92. The van der Waals surface area contributed by atoms with Crippen molar-refractivity contribution in [1.29, 1.82) is 5.26 Å². The standard InChI is InChI=1S/C17H14FN5OS/c1-2-24-16-6-4-3-5-15(16)23-17(20-21-22-23)25-11-13-8-7-12(10-19)9-14(13)18/h3-9H,2,11H2,1H3. The Bertz CT molecular complexity index is 921. The van der Waals surface area contributed by atoms with Gasteiger partial charge in [-0.15, -0.1) is 5.10 Å². The molecule has 0 aliphatic carbocycles. The van der Waals surface area contributed by atoms with Crippen molar-refractivity contribution in [2.45, 2.75) is 17.8 Å². The van der Waals surface area contributed by atoms with Crippen LogP contribution >= 0.6 is 11.8 Å². The second-order valence-corrected chi connectivity index (χ2v) is 5.92. The SMILES string of the molecule is CCOc1ccccc1-n1nnnc1SCc1ccc(C#N)cc1F. The van der Waals surface area contributed by atoms with E-state index < -0.39 is 5.82 Å². The fraction of sp³-hybridized carbons (Fsp3) is 0.176. The van der Waals surface area contributed by atoms with Crippen molar-refractivity contribution < 1.29 is 9.13 Å². The predicted octanol–water partition coefficient (Wildman–Crippen LogP) is 3.36. The summed E-state index contributed by atoms with van der Waals surface area (Å²) in [6.45, 7) is 2.43. The van der Waals surface area contributed by atoms with E-state index in [4.69, 9.17) is 10.00 Å². The molecule has 0 unspecified atom stereocenters. The summed E-state index contributed by atoms with van der Waals surface area (Å²) in [7, 11) is 0. The number of rotatable bonds is 6. The van der Waals surface area contributed by atoms with Crippen molar-refractivity contribution in [3.05, 3.63) is 59.4 Å². The molecule has 25 heavy (non-hydrogen) atoms. The van der Waals surface area contributed by atoms with E-state index in [1.807, 2.05) is 37.3 Å². The Labute approximate surface area is 148 Å². The largest absolute Gasteiger partial charge is 0.492 e. The molecule has 3 rings (SSSR count). The zero-order valence-electron chi connectivity index (χ0n) is 13.4. The number of tetrazole rings is 1. The highest BCUT2D eigenvalue weighted by Gasteiger charge is 2.14. The molecule has 0 atom stereocenters. The van der Waals surface area contributed by atoms with Gasteiger partial charge in [-0.25, -0.2) is 4.39 Å². The van der Waals surface area contributed by atoms with Gasteiger partial charge in [-0.3, -0.25) is 0 Å². The Kier molecular flexibility index (Phi) is 5.26. The van der Waals surface area contributed by atoms with Crippen LogP contribution in [0.1, 0.15) is 18.1 Å². The second-order valence-electron chi connectivity index (χ2n) is 4.98. The monoisotopic (exact) mass is 355 g/mol. The minimum Gasteiger partial charge on any atom is -0.492 e. The molecule has 6 nitrogen and oxygen atoms in total. The van der Waals surface area contributed by atoms with Crippen LogP contribution in [-0.4, -0.2) is 26.8 Å². The van der Waals surface area contributed by atoms with E-state index in [9.17, 15) is 4.39 Å². The smallest absolute Gasteiger partial charge is 0.214 e. The van der Waals surface area contributed by atoms with Crippen molar-refractivity contribution in [3.63, 3.8) is 0 Å². The van der Waals surface area contributed by atoms with Gasteiger partial charge in [0.25, 0.3) is 0 Å². The molecule has 8 heteroatoms. The predicted molar refractivity (Wildman–Crippen MR) is 91.0 cm³/mol. The Morgan fingerprint density at radius 3 is 2.88 bits per heavy atom. The quantitative estimate of drug-likeness (QED) is 0.631. The van der Waals surface area contributed by atoms with Crippen LogP contribution in [0, 0.1) is 17.1 Å². The Balaban J connectivity index is 1.83. The summed E-state index contributed by atoms with van der Waals surface area (Å²) in [5.41, 5.74) is 1.50. The maximum absolute atomic E-state index is 14.0. The minimum atomic E-state index is -0.416. The third-order valence-corrected chi connectivity index (χ3v) is 4.34. The van der Waals surface area contributed by atoms with Crippen LogP contribution in [0.5, 0.6) is 5.75 Å². The van der Waals surface area contributed by atoms with Crippen LogP contribution < -0.4 is 4.74 Å². The lowest BCUT2D eigenvalue weighted by molar-refractivity contribution is 0.337. The average Bonchev–Trinajstić information content (AvgIpc) is 3.09. The first kappa shape index (κ1) is 16.9. The maximum atomic E-state index is 14.0. The lowest BCUT2D eigenvalue weighted by Gasteiger charge is -2.10. The molecule has 0 aliphatic rings. The first-order chi connectivity index (χ1) is 12.2. The highest BCUT2D eigenvalue weighted by atomic mass is 32.2. The number of para-hydroxylation sites is 2. The molecule has 0 spiro atoms. The molecule has 0 amide bonds. The molecule has 0 aliphatic heterocycles. The summed E-state index contributed by atoms with van der Waals surface area (Å²) >= 11 is 1.30. The normalized spacial score (nSPS) is 10.4. The summed E-state index contributed by atoms with van der Waals surface area (Å²) < 4.78 is 21.2. The van der Waals surface area contributed by atoms with Crippen molar-refractivity contribution >= 4 is 11.8 Å². The molecule has 0 saturated carbocycles. The van der Waals surface area contributed by atoms with Gasteiger partial charge < -0.3 is 4.74 Å². The van der Waals surface area contributed by atoms with Crippen LogP contribution in [0.25, 0.3) is 5.69 Å². The van der Waals surface area contributed by atoms with Gasteiger partial charge in [-0.05, 0) is 47.2 Å². The number of benzene rings is 2. The van der Waals surface area contributed by atoms with Crippen molar-refractivity contribution in [2.24, 2.45) is 0 Å². The number of halogens is 1. The first-order valence-electron chi connectivity index (χ1n) is 7.55. The van der Waals surface area contributed by atoms with E-state index in [2.05, 4.69) is 15.5 Å². The van der Waals surface area contributed by atoms with E-state index in [-0.39, 0.29) is 0 Å². The zero-order chi connectivity index (χ0) is 17.6. The number of thioether (sulfide) groups is 1. The first-order valence-corrected chi connectivity index (χ1v) is 8.53. The Morgan fingerprint density at radius 2 is 2.12 bits per heavy atom. The number of nitriles is 1. The van der Waals surface area contributed by atoms with E-state index in [1.54, 1.807) is 16.8 Å². The summed E-state index contributed by atoms with van der Waals surface area (Å²) in [5.74, 6) is 0.596. The molecular weight excluding hydrogens is 341 g/mol. The fourth-order valence-electron chi connectivity index (χ4n) is 2.21. The molecule has 3 aromatic rings. The van der Waals surface area contributed by atoms with E-state index >= 15 is 0 Å². The van der Waals surface area contributed by atoms with E-state index in [0.717, 1.165) is 5.69 Å². The fourth-order valence-corrected chi connectivity index (χ4v) is 3.08. The third kappa shape index (κ3) is 3.78. The van der Waals surface area contributed by atoms with Gasteiger partial charge in [0.1, 0.15) is 17.3 Å². The molecule has 0 N–H and O–H groups in total. The Morgan fingerprint density at radius 1 is 1.28 bits per heavy atom. The van der Waals surface area contributed by atoms with Gasteiger partial charge in [0.2, 0.25) is 5.16 Å². The van der Waals surface area contributed by atoms with Crippen LogP contribution in [0.4, 0.5) is 4.39 Å². The molecule has 2 aromatic carbocycles. The number of nitrogens with zero attached hydrogens (tertiary/aromatic N) is 5. The van der Waals surface area contributed by atoms with Gasteiger partial charge >= 0.3 is 0 Å². The molecule has 1 aromatic heterocycles. The van der Waals surface area contributed by atoms with E-state index in [0.29, 0.717) is 34.4 Å². The minimum absolute atomic E-state index is 0.293. The zero-order valence-corrected chi connectivity index (χ0v) is 14.2. The van der Waals surface area contributed by atoms with Gasteiger partial charge in [0, 0.05) is 5.75 Å². The number of aromatic nitrogens is 4. The second kappa shape index (κ2) is 7.77. The topological polar surface area (TPSA) is 76.6 Å². The van der Waals surface area contributed by atoms with E-state index in [1.165, 1.54) is 17.8 Å². The van der Waals surface area contributed by atoms with Crippen molar-refractivity contribution in [3.8, 4) is 17.5 Å². The summed E-state index contributed by atoms with van der Waals surface area (Å²) in [6.07, 6.45) is 0. The van der Waals surface area contributed by atoms with Crippen molar-refractivity contribution in [1.82, 2.24) is 20.2 Å². The molecular formula is C17H14FN5OS. The maximum Gasteiger partial charge on any atom is 0.214 e. The molecule has 0 saturated heterocycles. The number of hydrogen-bond donors (Lipinski definition) is 0. The van der Waals surface area contributed by atoms with Crippen LogP contribution in [0.3, 0.4) is 0 Å². The van der Waals surface area contributed by atoms with Crippen molar-refractivity contribution in [2.75, 3.05) is 6.61 Å². The van der Waals surface area contributed by atoms with Gasteiger partial charge in [-0.1, -0.05) is 30.0 Å². The van der Waals surface area contributed by atoms with Crippen LogP contribution in [0.15, 0.2) is 47.6 Å². The highest BCUT2D eigenvalue weighted by molar-refractivity contribution is 7.98. The lowest BCUT2D eigenvalue weighted by Crippen LogP contribution is -2.03. The summed E-state index contributed by atoms with van der Waals surface area (Å²) in [5, 5.41) is 21.1. The summed E-state index contributed by atoms with van der Waals surface area (Å²) in [6, 6.07) is 13.8. The lowest BCUT2D eigenvalue weighted by atomic mass is 10.1. The third-order valence-electron chi connectivity index (χ3n) is 3.37.